The van der Waals surface area contributed by atoms with Crippen molar-refractivity contribution in [1.82, 2.24) is 4.90 Å². The van der Waals surface area contributed by atoms with Gasteiger partial charge in [-0.25, -0.2) is 0 Å². The lowest BCUT2D eigenvalue weighted by Crippen LogP contribution is -2.45. The fourth-order valence-corrected chi connectivity index (χ4v) is 3.34. The Morgan fingerprint density at radius 1 is 1.16 bits per heavy atom. The first-order valence-corrected chi connectivity index (χ1v) is 6.92. The zero-order valence-corrected chi connectivity index (χ0v) is 11.2. The van der Waals surface area contributed by atoms with Crippen LogP contribution in [0.1, 0.15) is 37.2 Å². The molecule has 1 amide bonds. The summed E-state index contributed by atoms with van der Waals surface area (Å²) in [5.41, 5.74) is 3.44. The van der Waals surface area contributed by atoms with Crippen LogP contribution >= 0.6 is 0 Å². The van der Waals surface area contributed by atoms with Gasteiger partial charge < -0.3 is 10.0 Å². The predicted octanol–water partition coefficient (Wildman–Crippen LogP) is 2.43. The maximum Gasteiger partial charge on any atom is 0.256 e. The number of carbonyl (C=O) groups excluding carboxylic acids is 1. The standard InChI is InChI=1S/C16H19NO2/c1-17-13-10-6-5-9-12(13)14(15(18)16(17)19)11-7-3-2-4-8-11/h2-4,7-8,14-15,18H,5-6,9-10H2,1H3/t14-,15+/m1/s1. The molecule has 3 rings (SSSR count). The number of allylic oxidation sites excluding steroid dienone is 1. The molecule has 1 N–H and O–H groups in total. The highest BCUT2D eigenvalue weighted by Gasteiger charge is 2.40. The van der Waals surface area contributed by atoms with Crippen molar-refractivity contribution < 1.29 is 9.90 Å². The normalized spacial score (nSPS) is 27.5. The first kappa shape index (κ1) is 12.4. The summed E-state index contributed by atoms with van der Waals surface area (Å²) in [5.74, 6) is -0.324. The van der Waals surface area contributed by atoms with Crippen molar-refractivity contribution in [2.75, 3.05) is 7.05 Å². The number of carbonyl (C=O) groups is 1. The van der Waals surface area contributed by atoms with Crippen LogP contribution in [0.3, 0.4) is 0 Å². The number of hydrogen-bond donors (Lipinski definition) is 1. The maximum absolute atomic E-state index is 12.2. The highest BCUT2D eigenvalue weighted by Crippen LogP contribution is 2.42. The van der Waals surface area contributed by atoms with Gasteiger partial charge in [0.05, 0.1) is 0 Å². The summed E-state index contributed by atoms with van der Waals surface area (Å²) in [5, 5.41) is 10.4. The minimum absolute atomic E-state index is 0.153. The lowest BCUT2D eigenvalue weighted by atomic mass is 9.76. The Bertz CT molecular complexity index is 521. The first-order chi connectivity index (χ1) is 9.20. The van der Waals surface area contributed by atoms with Crippen LogP contribution in [0, 0.1) is 0 Å². The Morgan fingerprint density at radius 2 is 1.84 bits per heavy atom. The van der Waals surface area contributed by atoms with Crippen LogP contribution in [0.15, 0.2) is 41.6 Å². The average Bonchev–Trinajstić information content (AvgIpc) is 2.46. The quantitative estimate of drug-likeness (QED) is 0.839. The largest absolute Gasteiger partial charge is 0.382 e. The summed E-state index contributed by atoms with van der Waals surface area (Å²) in [6.45, 7) is 0. The van der Waals surface area contributed by atoms with Crippen molar-refractivity contribution in [2.24, 2.45) is 0 Å². The van der Waals surface area contributed by atoms with Crippen molar-refractivity contribution in [3.8, 4) is 0 Å². The van der Waals surface area contributed by atoms with Crippen molar-refractivity contribution >= 4 is 5.91 Å². The van der Waals surface area contributed by atoms with Gasteiger partial charge in [-0.15, -0.1) is 0 Å². The van der Waals surface area contributed by atoms with Crippen LogP contribution in [-0.4, -0.2) is 29.1 Å². The van der Waals surface area contributed by atoms with Gasteiger partial charge in [0, 0.05) is 18.7 Å². The highest BCUT2D eigenvalue weighted by molar-refractivity contribution is 5.85. The van der Waals surface area contributed by atoms with E-state index in [4.69, 9.17) is 0 Å². The molecule has 2 aliphatic rings. The molecule has 0 aromatic heterocycles. The third kappa shape index (κ3) is 1.98. The summed E-state index contributed by atoms with van der Waals surface area (Å²) < 4.78 is 0. The number of aliphatic hydroxyl groups is 1. The van der Waals surface area contributed by atoms with Crippen molar-refractivity contribution in [1.29, 1.82) is 0 Å². The fourth-order valence-electron chi connectivity index (χ4n) is 3.34. The van der Waals surface area contributed by atoms with Gasteiger partial charge in [0.1, 0.15) is 6.10 Å². The molecule has 0 saturated heterocycles. The number of amides is 1. The number of rotatable bonds is 1. The second-order valence-electron chi connectivity index (χ2n) is 5.41. The van der Waals surface area contributed by atoms with E-state index in [0.29, 0.717) is 0 Å². The van der Waals surface area contributed by atoms with E-state index in [0.717, 1.165) is 36.9 Å². The van der Waals surface area contributed by atoms with Crippen LogP contribution < -0.4 is 0 Å². The Hall–Kier alpha value is -1.61. The van der Waals surface area contributed by atoms with Crippen LogP contribution in [-0.2, 0) is 4.79 Å². The monoisotopic (exact) mass is 257 g/mol. The Morgan fingerprint density at radius 3 is 2.58 bits per heavy atom. The van der Waals surface area contributed by atoms with Crippen LogP contribution in [0.4, 0.5) is 0 Å². The SMILES string of the molecule is CN1C(=O)[C@@H](O)[C@H](c2ccccc2)C2=C1CCCC2. The molecule has 1 aromatic rings. The minimum atomic E-state index is -0.941. The lowest BCUT2D eigenvalue weighted by molar-refractivity contribution is -0.139. The van der Waals surface area contributed by atoms with Gasteiger partial charge in [0.25, 0.3) is 5.91 Å². The molecule has 3 heteroatoms. The predicted molar refractivity (Wildman–Crippen MR) is 73.5 cm³/mol. The summed E-state index contributed by atoms with van der Waals surface area (Å²) in [7, 11) is 1.79. The van der Waals surface area contributed by atoms with Crippen molar-refractivity contribution in [2.45, 2.75) is 37.7 Å². The van der Waals surface area contributed by atoms with Gasteiger partial charge >= 0.3 is 0 Å². The van der Waals surface area contributed by atoms with E-state index in [-0.39, 0.29) is 11.8 Å². The van der Waals surface area contributed by atoms with E-state index >= 15 is 0 Å². The summed E-state index contributed by atoms with van der Waals surface area (Å²) in [6.07, 6.45) is 3.28. The van der Waals surface area contributed by atoms with E-state index < -0.39 is 6.10 Å². The molecule has 0 spiro atoms. The molecule has 1 heterocycles. The topological polar surface area (TPSA) is 40.5 Å². The third-order valence-corrected chi connectivity index (χ3v) is 4.32. The van der Waals surface area contributed by atoms with E-state index in [9.17, 15) is 9.90 Å². The Kier molecular flexibility index (Phi) is 3.15. The number of aliphatic hydroxyl groups excluding tert-OH is 1. The molecular weight excluding hydrogens is 238 g/mol. The summed E-state index contributed by atoms with van der Waals surface area (Å²) in [4.78, 5) is 13.9. The highest BCUT2D eigenvalue weighted by atomic mass is 16.3. The van der Waals surface area contributed by atoms with Crippen molar-refractivity contribution in [3.05, 3.63) is 47.2 Å². The molecule has 100 valence electrons. The molecule has 1 aliphatic carbocycles. The molecule has 0 saturated carbocycles. The molecular formula is C16H19NO2. The third-order valence-electron chi connectivity index (χ3n) is 4.32. The van der Waals surface area contributed by atoms with E-state index in [1.807, 2.05) is 30.3 Å². The van der Waals surface area contributed by atoms with Gasteiger partial charge in [-0.1, -0.05) is 30.3 Å². The number of nitrogens with zero attached hydrogens (tertiary/aromatic N) is 1. The van der Waals surface area contributed by atoms with Crippen LogP contribution in [0.25, 0.3) is 0 Å². The fraction of sp³-hybridized carbons (Fsp3) is 0.438. The molecule has 0 fully saturated rings. The second kappa shape index (κ2) is 4.82. The van der Waals surface area contributed by atoms with Gasteiger partial charge in [-0.3, -0.25) is 4.79 Å². The zero-order valence-electron chi connectivity index (χ0n) is 11.2. The van der Waals surface area contributed by atoms with Crippen LogP contribution in [0.2, 0.25) is 0 Å². The molecule has 1 aliphatic heterocycles. The Labute approximate surface area is 113 Å². The molecule has 1 aromatic carbocycles. The Balaban J connectivity index is 2.10. The van der Waals surface area contributed by atoms with Gasteiger partial charge in [0.2, 0.25) is 0 Å². The van der Waals surface area contributed by atoms with E-state index in [2.05, 4.69) is 0 Å². The lowest BCUT2D eigenvalue weighted by Gasteiger charge is -2.40. The average molecular weight is 257 g/mol. The first-order valence-electron chi connectivity index (χ1n) is 6.92. The molecule has 0 unspecified atom stereocenters. The number of hydrogen-bond acceptors (Lipinski definition) is 2. The van der Waals surface area contributed by atoms with E-state index in [1.165, 1.54) is 5.57 Å². The molecule has 0 bridgehead atoms. The molecule has 3 nitrogen and oxygen atoms in total. The maximum atomic E-state index is 12.2. The van der Waals surface area contributed by atoms with E-state index in [1.54, 1.807) is 11.9 Å². The minimum Gasteiger partial charge on any atom is -0.382 e. The zero-order chi connectivity index (χ0) is 13.4. The van der Waals surface area contributed by atoms with Crippen LogP contribution in [0.5, 0.6) is 0 Å². The van der Waals surface area contributed by atoms with Gasteiger partial charge in [0.15, 0.2) is 0 Å². The molecule has 0 radical (unpaired) electrons. The van der Waals surface area contributed by atoms with Crippen molar-refractivity contribution in [3.63, 3.8) is 0 Å². The van der Waals surface area contributed by atoms with Gasteiger partial charge in [-0.2, -0.15) is 0 Å². The molecule has 19 heavy (non-hydrogen) atoms. The van der Waals surface area contributed by atoms with Gasteiger partial charge in [-0.05, 0) is 36.8 Å². The smallest absolute Gasteiger partial charge is 0.256 e. The summed E-state index contributed by atoms with van der Waals surface area (Å²) in [6, 6.07) is 9.90. The summed E-state index contributed by atoms with van der Waals surface area (Å²) >= 11 is 0. The molecule has 2 atom stereocenters. The second-order valence-corrected chi connectivity index (χ2v) is 5.41. The number of likely N-dealkylation sites (N-methyl/N-ethyl adjacent to an activating group) is 1. The number of benzene rings is 1.